The molecular weight excluding hydrogens is 486 g/mol. The molecule has 0 spiro atoms. The lowest BCUT2D eigenvalue weighted by atomic mass is 10.1. The third kappa shape index (κ3) is 4.44. The summed E-state index contributed by atoms with van der Waals surface area (Å²) in [7, 11) is -2.97. The normalized spacial score (nSPS) is 12.9. The van der Waals surface area contributed by atoms with Crippen molar-refractivity contribution in [3.63, 3.8) is 0 Å². The molecule has 0 fully saturated rings. The lowest BCUT2D eigenvalue weighted by Crippen LogP contribution is -2.13. The zero-order valence-electron chi connectivity index (χ0n) is 16.3. The summed E-state index contributed by atoms with van der Waals surface area (Å²) in [6, 6.07) is 3.36. The second-order valence-corrected chi connectivity index (χ2v) is 9.25. The summed E-state index contributed by atoms with van der Waals surface area (Å²) in [5.74, 6) is -1.18. The lowest BCUT2D eigenvalue weighted by Gasteiger charge is -2.14. The van der Waals surface area contributed by atoms with Crippen LogP contribution in [0.4, 0.5) is 26.3 Å². The molecule has 0 saturated heterocycles. The minimum absolute atomic E-state index is 0.177. The van der Waals surface area contributed by atoms with Gasteiger partial charge in [-0.3, -0.25) is 4.98 Å². The molecule has 0 saturated carbocycles. The fourth-order valence-corrected chi connectivity index (χ4v) is 4.10. The van der Waals surface area contributed by atoms with Crippen molar-refractivity contribution in [3.8, 4) is 22.9 Å². The molecule has 14 heteroatoms. The molecule has 3 aromatic rings. The van der Waals surface area contributed by atoms with E-state index < -0.39 is 55.2 Å². The second kappa shape index (κ2) is 8.03. The van der Waals surface area contributed by atoms with Crippen molar-refractivity contribution in [2.45, 2.75) is 24.2 Å². The summed E-state index contributed by atoms with van der Waals surface area (Å²) in [6.45, 7) is 1.23. The molecule has 0 amide bonds. The summed E-state index contributed by atoms with van der Waals surface area (Å²) < 4.78 is 106. The van der Waals surface area contributed by atoms with Crippen LogP contribution in [-0.4, -0.2) is 33.9 Å². The van der Waals surface area contributed by atoms with Crippen molar-refractivity contribution < 1.29 is 34.8 Å². The fourth-order valence-electron chi connectivity index (χ4n) is 2.88. The van der Waals surface area contributed by atoms with E-state index in [2.05, 4.69) is 15.2 Å². The Labute approximate surface area is 182 Å². The largest absolute Gasteiger partial charge is 0.417 e. The standard InChI is InChI=1S/C18H13ClF6N4O2S/c1-3-32(30,31)13-6-9(17(20,21)22)8-26-14(13)16-28-27-15(29(16)2)11-5-4-10(19)7-12(11)18(23,24)25/h4-8H,3H2,1-2H3. The molecule has 0 bridgehead atoms. The number of halogens is 7. The third-order valence-corrected chi connectivity index (χ3v) is 6.49. The van der Waals surface area contributed by atoms with E-state index in [0.717, 1.165) is 10.6 Å². The Hall–Kier alpha value is -2.67. The van der Waals surface area contributed by atoms with Crippen LogP contribution in [0.2, 0.25) is 5.02 Å². The number of pyridine rings is 1. The Kier molecular flexibility index (Phi) is 6.02. The van der Waals surface area contributed by atoms with E-state index in [1.54, 1.807) is 0 Å². The summed E-state index contributed by atoms with van der Waals surface area (Å²) >= 11 is 5.68. The number of hydrogen-bond acceptors (Lipinski definition) is 5. The van der Waals surface area contributed by atoms with E-state index in [1.807, 2.05) is 0 Å². The molecule has 0 unspecified atom stereocenters. The molecule has 0 atom stereocenters. The van der Waals surface area contributed by atoms with Crippen LogP contribution in [0.5, 0.6) is 0 Å². The average molecular weight is 499 g/mol. The van der Waals surface area contributed by atoms with Crippen molar-refractivity contribution in [1.82, 2.24) is 19.7 Å². The molecule has 2 heterocycles. The van der Waals surface area contributed by atoms with Gasteiger partial charge in [0.25, 0.3) is 0 Å². The van der Waals surface area contributed by atoms with Gasteiger partial charge < -0.3 is 4.57 Å². The van der Waals surface area contributed by atoms with Crippen LogP contribution in [0, 0.1) is 0 Å². The van der Waals surface area contributed by atoms with Gasteiger partial charge in [0.15, 0.2) is 21.5 Å². The molecule has 2 aromatic heterocycles. The molecule has 0 aliphatic carbocycles. The zero-order chi connectivity index (χ0) is 24.1. The number of aromatic nitrogens is 4. The highest BCUT2D eigenvalue weighted by Crippen LogP contribution is 2.39. The third-order valence-electron chi connectivity index (χ3n) is 4.51. The zero-order valence-corrected chi connectivity index (χ0v) is 17.8. The van der Waals surface area contributed by atoms with Crippen LogP contribution >= 0.6 is 11.6 Å². The highest BCUT2D eigenvalue weighted by molar-refractivity contribution is 7.91. The first-order valence-electron chi connectivity index (χ1n) is 8.73. The van der Waals surface area contributed by atoms with Crippen LogP contribution in [0.15, 0.2) is 35.4 Å². The summed E-state index contributed by atoms with van der Waals surface area (Å²) in [5.41, 5.74) is -3.29. The van der Waals surface area contributed by atoms with Gasteiger partial charge in [0.05, 0.1) is 21.8 Å². The highest BCUT2D eigenvalue weighted by Gasteiger charge is 2.37. The van der Waals surface area contributed by atoms with Crippen LogP contribution in [-0.2, 0) is 29.2 Å². The molecule has 0 aliphatic rings. The Morgan fingerprint density at radius 2 is 1.62 bits per heavy atom. The number of hydrogen-bond donors (Lipinski definition) is 0. The molecule has 0 N–H and O–H groups in total. The lowest BCUT2D eigenvalue weighted by molar-refractivity contribution is -0.138. The Balaban J connectivity index is 2.26. The maximum Gasteiger partial charge on any atom is 0.417 e. The van der Waals surface area contributed by atoms with E-state index in [1.165, 1.54) is 20.0 Å². The predicted octanol–water partition coefficient (Wildman–Crippen LogP) is 5.03. The second-order valence-electron chi connectivity index (χ2n) is 6.57. The van der Waals surface area contributed by atoms with Gasteiger partial charge in [0, 0.05) is 23.8 Å². The highest BCUT2D eigenvalue weighted by atomic mass is 35.5. The number of benzene rings is 1. The van der Waals surface area contributed by atoms with Gasteiger partial charge in [-0.05, 0) is 24.3 Å². The number of rotatable bonds is 4. The van der Waals surface area contributed by atoms with E-state index in [9.17, 15) is 34.8 Å². The van der Waals surface area contributed by atoms with Crippen LogP contribution in [0.25, 0.3) is 22.9 Å². The van der Waals surface area contributed by atoms with Crippen molar-refractivity contribution in [1.29, 1.82) is 0 Å². The van der Waals surface area contributed by atoms with Crippen LogP contribution < -0.4 is 0 Å². The van der Waals surface area contributed by atoms with E-state index in [4.69, 9.17) is 11.6 Å². The van der Waals surface area contributed by atoms with Crippen molar-refractivity contribution >= 4 is 21.4 Å². The molecule has 0 radical (unpaired) electrons. The molecule has 6 nitrogen and oxygen atoms in total. The Bertz CT molecular complexity index is 1290. The maximum absolute atomic E-state index is 13.5. The smallest absolute Gasteiger partial charge is 0.309 e. The molecule has 32 heavy (non-hydrogen) atoms. The molecule has 0 aliphatic heterocycles. The maximum atomic E-state index is 13.5. The first kappa shape index (κ1) is 24.0. The van der Waals surface area contributed by atoms with E-state index >= 15 is 0 Å². The van der Waals surface area contributed by atoms with Gasteiger partial charge in [-0.1, -0.05) is 18.5 Å². The van der Waals surface area contributed by atoms with E-state index in [0.29, 0.717) is 18.3 Å². The van der Waals surface area contributed by atoms with Gasteiger partial charge in [0.1, 0.15) is 5.69 Å². The predicted molar refractivity (Wildman–Crippen MR) is 102 cm³/mol. The summed E-state index contributed by atoms with van der Waals surface area (Å²) in [6.07, 6.45) is -9.24. The van der Waals surface area contributed by atoms with Gasteiger partial charge in [-0.2, -0.15) is 26.3 Å². The van der Waals surface area contributed by atoms with Crippen molar-refractivity contribution in [2.75, 3.05) is 5.75 Å². The first-order chi connectivity index (χ1) is 14.7. The average Bonchev–Trinajstić information content (AvgIpc) is 3.07. The number of nitrogens with zero attached hydrogens (tertiary/aromatic N) is 4. The first-order valence-corrected chi connectivity index (χ1v) is 10.8. The quantitative estimate of drug-likeness (QED) is 0.472. The van der Waals surface area contributed by atoms with Gasteiger partial charge in [-0.15, -0.1) is 10.2 Å². The van der Waals surface area contributed by atoms with Crippen LogP contribution in [0.3, 0.4) is 0 Å². The molecule has 172 valence electrons. The van der Waals surface area contributed by atoms with Gasteiger partial charge in [0.2, 0.25) is 0 Å². The van der Waals surface area contributed by atoms with Gasteiger partial charge >= 0.3 is 12.4 Å². The minimum Gasteiger partial charge on any atom is -0.309 e. The fraction of sp³-hybridized carbons (Fsp3) is 0.278. The van der Waals surface area contributed by atoms with Crippen LogP contribution in [0.1, 0.15) is 18.1 Å². The Morgan fingerprint density at radius 3 is 2.19 bits per heavy atom. The monoisotopic (exact) mass is 498 g/mol. The number of sulfone groups is 1. The molecule has 1 aromatic carbocycles. The minimum atomic E-state index is -4.86. The van der Waals surface area contributed by atoms with Crippen molar-refractivity contribution in [3.05, 3.63) is 46.6 Å². The summed E-state index contributed by atoms with van der Waals surface area (Å²) in [4.78, 5) is 2.86. The topological polar surface area (TPSA) is 77.7 Å². The SMILES string of the molecule is CCS(=O)(=O)c1cc(C(F)(F)F)cnc1-c1nnc(-c2ccc(Cl)cc2C(F)(F)F)n1C. The summed E-state index contributed by atoms with van der Waals surface area (Å²) in [5, 5.41) is 7.24. The van der Waals surface area contributed by atoms with Gasteiger partial charge in [-0.25, -0.2) is 8.42 Å². The number of alkyl halides is 6. The molecule has 3 rings (SSSR count). The van der Waals surface area contributed by atoms with E-state index in [-0.39, 0.29) is 16.7 Å². The Morgan fingerprint density at radius 1 is 1.00 bits per heavy atom. The molecular formula is C18H13ClF6N4O2S. The van der Waals surface area contributed by atoms with Crippen molar-refractivity contribution in [2.24, 2.45) is 7.05 Å².